The smallest absolute Gasteiger partial charge is 0.387 e. The first-order valence-corrected chi connectivity index (χ1v) is 10.5. The molecule has 5 aromatic rings. The normalized spacial score (nSPS) is 11.4. The molecule has 0 radical (unpaired) electrons. The van der Waals surface area contributed by atoms with Crippen LogP contribution in [-0.2, 0) is 7.05 Å². The summed E-state index contributed by atoms with van der Waals surface area (Å²) < 4.78 is 38.1. The zero-order valence-electron chi connectivity index (χ0n) is 18.3. The molecule has 34 heavy (non-hydrogen) atoms. The highest BCUT2D eigenvalue weighted by Crippen LogP contribution is 2.26. The van der Waals surface area contributed by atoms with Crippen molar-refractivity contribution < 1.29 is 18.3 Å². The topological polar surface area (TPSA) is 84.1 Å². The lowest BCUT2D eigenvalue weighted by atomic mass is 10.0. The third-order valence-corrected chi connectivity index (χ3v) is 5.24. The molecule has 8 nitrogen and oxygen atoms in total. The minimum atomic E-state index is -2.94. The average Bonchev–Trinajstić information content (AvgIpc) is 3.18. The van der Waals surface area contributed by atoms with Gasteiger partial charge in [-0.25, -0.2) is 4.98 Å². The van der Waals surface area contributed by atoms with E-state index >= 15 is 0 Å². The van der Waals surface area contributed by atoms with Crippen molar-refractivity contribution in [1.29, 1.82) is 0 Å². The van der Waals surface area contributed by atoms with Crippen LogP contribution >= 0.6 is 0 Å². The van der Waals surface area contributed by atoms with Crippen LogP contribution in [0.4, 0.5) is 8.78 Å². The predicted octanol–water partition coefficient (Wildman–Crippen LogP) is 4.33. The van der Waals surface area contributed by atoms with Gasteiger partial charge in [-0.3, -0.25) is 14.0 Å². The zero-order chi connectivity index (χ0) is 23.8. The van der Waals surface area contributed by atoms with Gasteiger partial charge in [0.25, 0.3) is 5.56 Å². The van der Waals surface area contributed by atoms with Crippen molar-refractivity contribution in [2.24, 2.45) is 7.05 Å². The van der Waals surface area contributed by atoms with Crippen LogP contribution in [0.2, 0.25) is 0 Å². The lowest BCUT2D eigenvalue weighted by molar-refractivity contribution is -0.0498. The van der Waals surface area contributed by atoms with Crippen LogP contribution in [-0.4, -0.2) is 37.5 Å². The zero-order valence-corrected chi connectivity index (χ0v) is 18.3. The Morgan fingerprint density at radius 1 is 1.06 bits per heavy atom. The highest BCUT2D eigenvalue weighted by molar-refractivity contribution is 5.87. The Morgan fingerprint density at radius 2 is 1.85 bits per heavy atom. The summed E-state index contributed by atoms with van der Waals surface area (Å²) in [5.74, 6) is -0.0149. The second-order valence-electron chi connectivity index (χ2n) is 7.51. The maximum absolute atomic E-state index is 13.7. The van der Waals surface area contributed by atoms with Gasteiger partial charge < -0.3 is 9.47 Å². The number of pyridine rings is 1. The molecule has 0 unspecified atom stereocenters. The van der Waals surface area contributed by atoms with E-state index in [1.54, 1.807) is 23.9 Å². The SMILES string of the molecule is CCOc1ncc2cc(-c3ccc4nn(C)cc4c3)c(=O)n(-c3ccc(OC(F)F)cc3)c2n1. The first kappa shape index (κ1) is 21.5. The van der Waals surface area contributed by atoms with E-state index in [4.69, 9.17) is 4.74 Å². The molecule has 10 heteroatoms. The number of hydrogen-bond acceptors (Lipinski definition) is 6. The van der Waals surface area contributed by atoms with Gasteiger partial charge in [-0.05, 0) is 55.0 Å². The van der Waals surface area contributed by atoms with Crippen molar-refractivity contribution in [1.82, 2.24) is 24.3 Å². The predicted molar refractivity (Wildman–Crippen MR) is 123 cm³/mol. The standard InChI is InChI=1S/C24H19F2N5O3/c1-3-33-24-27-12-15-11-19(14-4-9-20-16(10-14)13-30(2)29-20)22(32)31(21(15)28-24)17-5-7-18(8-6-17)34-23(25)26/h4-13,23H,3H2,1-2H3. The molecular formula is C24H19F2N5O3. The fourth-order valence-electron chi connectivity index (χ4n) is 3.82. The van der Waals surface area contributed by atoms with Gasteiger partial charge in [0.2, 0.25) is 0 Å². The van der Waals surface area contributed by atoms with Crippen molar-refractivity contribution in [3.8, 4) is 28.6 Å². The molecule has 0 saturated carbocycles. The molecule has 0 amide bonds. The first-order chi connectivity index (χ1) is 16.4. The highest BCUT2D eigenvalue weighted by atomic mass is 19.3. The number of nitrogens with zero attached hydrogens (tertiary/aromatic N) is 5. The van der Waals surface area contributed by atoms with Crippen molar-refractivity contribution in [3.63, 3.8) is 0 Å². The molecule has 0 spiro atoms. The van der Waals surface area contributed by atoms with Crippen molar-refractivity contribution >= 4 is 21.9 Å². The number of fused-ring (bicyclic) bond motifs is 2. The summed E-state index contributed by atoms with van der Waals surface area (Å²) >= 11 is 0. The van der Waals surface area contributed by atoms with Crippen molar-refractivity contribution in [2.45, 2.75) is 13.5 Å². The van der Waals surface area contributed by atoms with E-state index in [1.807, 2.05) is 31.4 Å². The summed E-state index contributed by atoms with van der Waals surface area (Å²) in [6.45, 7) is -0.778. The van der Waals surface area contributed by atoms with Crippen LogP contribution in [0.1, 0.15) is 6.92 Å². The maximum atomic E-state index is 13.7. The van der Waals surface area contributed by atoms with Crippen LogP contribution in [0.15, 0.2) is 65.7 Å². The second-order valence-corrected chi connectivity index (χ2v) is 7.51. The van der Waals surface area contributed by atoms with E-state index in [0.29, 0.717) is 34.5 Å². The number of rotatable bonds is 6. The van der Waals surface area contributed by atoms with Crippen LogP contribution in [0.3, 0.4) is 0 Å². The molecule has 0 bridgehead atoms. The molecule has 0 fully saturated rings. The van der Waals surface area contributed by atoms with Crippen molar-refractivity contribution in [3.05, 3.63) is 71.3 Å². The Kier molecular flexibility index (Phi) is 5.40. The summed E-state index contributed by atoms with van der Waals surface area (Å²) in [7, 11) is 1.83. The fourth-order valence-corrected chi connectivity index (χ4v) is 3.82. The molecule has 0 aliphatic rings. The summed E-state index contributed by atoms with van der Waals surface area (Å²) in [5, 5.41) is 5.88. The molecule has 5 rings (SSSR count). The third-order valence-electron chi connectivity index (χ3n) is 5.24. The minimum Gasteiger partial charge on any atom is -0.464 e. The van der Waals surface area contributed by atoms with Crippen LogP contribution in [0.5, 0.6) is 11.8 Å². The van der Waals surface area contributed by atoms with E-state index in [0.717, 1.165) is 10.9 Å². The molecule has 172 valence electrons. The average molecular weight is 463 g/mol. The number of aromatic nitrogens is 5. The Hall–Kier alpha value is -4.34. The monoisotopic (exact) mass is 463 g/mol. The molecule has 2 aromatic carbocycles. The third kappa shape index (κ3) is 3.94. The molecule has 3 aromatic heterocycles. The molecule has 3 heterocycles. The highest BCUT2D eigenvalue weighted by Gasteiger charge is 2.16. The molecule has 0 aliphatic heterocycles. The lowest BCUT2D eigenvalue weighted by Crippen LogP contribution is -2.21. The summed E-state index contributed by atoms with van der Waals surface area (Å²) in [4.78, 5) is 22.4. The van der Waals surface area contributed by atoms with Gasteiger partial charge in [-0.2, -0.15) is 18.9 Å². The van der Waals surface area contributed by atoms with Crippen LogP contribution in [0, 0.1) is 0 Å². The maximum Gasteiger partial charge on any atom is 0.387 e. The van der Waals surface area contributed by atoms with Gasteiger partial charge in [0, 0.05) is 35.8 Å². The van der Waals surface area contributed by atoms with E-state index in [1.165, 1.54) is 28.8 Å². The Morgan fingerprint density at radius 3 is 2.59 bits per heavy atom. The Labute approximate surface area is 192 Å². The van der Waals surface area contributed by atoms with Gasteiger partial charge in [-0.15, -0.1) is 0 Å². The lowest BCUT2D eigenvalue weighted by Gasteiger charge is -2.14. The van der Waals surface area contributed by atoms with Gasteiger partial charge >= 0.3 is 12.6 Å². The first-order valence-electron chi connectivity index (χ1n) is 10.5. The van der Waals surface area contributed by atoms with Gasteiger partial charge in [-0.1, -0.05) is 6.07 Å². The summed E-state index contributed by atoms with van der Waals surface area (Å²) in [6, 6.07) is 13.2. The summed E-state index contributed by atoms with van der Waals surface area (Å²) in [5.41, 5.74) is 2.37. The fraction of sp³-hybridized carbons (Fsp3) is 0.167. The number of benzene rings is 2. The largest absolute Gasteiger partial charge is 0.464 e. The Balaban J connectivity index is 1.74. The number of aryl methyl sites for hydroxylation is 1. The van der Waals surface area contributed by atoms with Gasteiger partial charge in [0.05, 0.1) is 17.8 Å². The molecule has 0 N–H and O–H groups in total. The van der Waals surface area contributed by atoms with Gasteiger partial charge in [0.15, 0.2) is 5.65 Å². The Bertz CT molecular complexity index is 1560. The van der Waals surface area contributed by atoms with Gasteiger partial charge in [0.1, 0.15) is 5.75 Å². The molecular weight excluding hydrogens is 444 g/mol. The summed E-state index contributed by atoms with van der Waals surface area (Å²) in [6.07, 6.45) is 3.46. The molecule has 0 atom stereocenters. The molecule has 0 saturated heterocycles. The molecule has 0 aliphatic carbocycles. The number of halogens is 2. The van der Waals surface area contributed by atoms with Crippen molar-refractivity contribution in [2.75, 3.05) is 6.61 Å². The van der Waals surface area contributed by atoms with E-state index in [2.05, 4.69) is 19.8 Å². The number of hydrogen-bond donors (Lipinski definition) is 0. The second kappa shape index (κ2) is 8.54. The van der Waals surface area contributed by atoms with Crippen LogP contribution in [0.25, 0.3) is 38.8 Å². The minimum absolute atomic E-state index is 0.0149. The van der Waals surface area contributed by atoms with E-state index in [-0.39, 0.29) is 17.3 Å². The quantitative estimate of drug-likeness (QED) is 0.373. The number of alkyl halides is 2. The van der Waals surface area contributed by atoms with Crippen LogP contribution < -0.4 is 15.0 Å². The van der Waals surface area contributed by atoms with E-state index in [9.17, 15) is 13.6 Å². The number of ether oxygens (including phenoxy) is 2. The van der Waals surface area contributed by atoms with E-state index < -0.39 is 6.61 Å².